The van der Waals surface area contributed by atoms with Gasteiger partial charge in [0.15, 0.2) is 0 Å². The molecule has 2 heterocycles. The number of likely N-dealkylation sites (tertiary alicyclic amines) is 1. The lowest BCUT2D eigenvalue weighted by Crippen LogP contribution is -2.44. The number of ether oxygens (including phenoxy) is 3. The zero-order valence-corrected chi connectivity index (χ0v) is 17.7. The lowest BCUT2D eigenvalue weighted by Gasteiger charge is -2.27. The minimum Gasteiger partial charge on any atom is -0.467 e. The standard InChI is InChI=1S/C20H25ClN2O6/c1-20(2,3)29-19(26)23-10-13(8-16(23)17(24)27-4)28-18(25)22-9-12-6-5-7-15(21)14(12)11-22/h5-7,13,16H,8-11H2,1-4H3/t13-,16+/m1/s1. The van der Waals surface area contributed by atoms with E-state index >= 15 is 0 Å². The molecule has 0 aliphatic carbocycles. The van der Waals surface area contributed by atoms with Gasteiger partial charge in [-0.1, -0.05) is 23.7 Å². The molecule has 0 spiro atoms. The summed E-state index contributed by atoms with van der Waals surface area (Å²) in [5, 5.41) is 0.612. The van der Waals surface area contributed by atoms with Crippen molar-refractivity contribution in [1.82, 2.24) is 9.80 Å². The molecule has 1 aromatic rings. The summed E-state index contributed by atoms with van der Waals surface area (Å²) in [6, 6.07) is 4.68. The summed E-state index contributed by atoms with van der Waals surface area (Å²) in [6.45, 7) is 6.03. The van der Waals surface area contributed by atoms with Gasteiger partial charge >= 0.3 is 18.2 Å². The molecule has 29 heavy (non-hydrogen) atoms. The number of nitrogens with zero attached hydrogens (tertiary/aromatic N) is 2. The van der Waals surface area contributed by atoms with E-state index in [1.807, 2.05) is 12.1 Å². The number of halogens is 1. The van der Waals surface area contributed by atoms with Crippen molar-refractivity contribution in [2.75, 3.05) is 13.7 Å². The lowest BCUT2D eigenvalue weighted by molar-refractivity contribution is -0.145. The van der Waals surface area contributed by atoms with E-state index in [1.165, 1.54) is 12.0 Å². The minimum atomic E-state index is -0.863. The number of fused-ring (bicyclic) bond motifs is 1. The molecule has 0 saturated carbocycles. The van der Waals surface area contributed by atoms with Crippen molar-refractivity contribution < 1.29 is 28.6 Å². The van der Waals surface area contributed by atoms with Crippen LogP contribution >= 0.6 is 11.6 Å². The summed E-state index contributed by atoms with van der Waals surface area (Å²) in [4.78, 5) is 40.1. The van der Waals surface area contributed by atoms with Crippen LogP contribution in [0.1, 0.15) is 38.3 Å². The molecule has 0 bridgehead atoms. The third-order valence-corrected chi connectivity index (χ3v) is 5.17. The van der Waals surface area contributed by atoms with E-state index < -0.39 is 35.9 Å². The van der Waals surface area contributed by atoms with Crippen molar-refractivity contribution in [3.05, 3.63) is 34.3 Å². The third-order valence-electron chi connectivity index (χ3n) is 4.82. The number of carbonyl (C=O) groups excluding carboxylic acids is 3. The van der Waals surface area contributed by atoms with Crippen LogP contribution in [0, 0.1) is 0 Å². The van der Waals surface area contributed by atoms with Crippen molar-refractivity contribution in [3.63, 3.8) is 0 Å². The van der Waals surface area contributed by atoms with Crippen molar-refractivity contribution in [2.45, 2.75) is 58.0 Å². The van der Waals surface area contributed by atoms with Crippen LogP contribution in [0.3, 0.4) is 0 Å². The highest BCUT2D eigenvalue weighted by Gasteiger charge is 2.44. The van der Waals surface area contributed by atoms with Gasteiger partial charge in [-0.3, -0.25) is 9.80 Å². The third kappa shape index (κ3) is 4.75. The van der Waals surface area contributed by atoms with E-state index in [-0.39, 0.29) is 13.0 Å². The van der Waals surface area contributed by atoms with E-state index in [0.717, 1.165) is 11.1 Å². The van der Waals surface area contributed by atoms with Gasteiger partial charge in [0.2, 0.25) is 0 Å². The summed E-state index contributed by atoms with van der Waals surface area (Å²) in [7, 11) is 1.25. The topological polar surface area (TPSA) is 85.4 Å². The summed E-state index contributed by atoms with van der Waals surface area (Å²) in [5.74, 6) is -0.574. The average Bonchev–Trinajstić information content (AvgIpc) is 3.25. The van der Waals surface area contributed by atoms with Gasteiger partial charge in [0.25, 0.3) is 0 Å². The maximum absolute atomic E-state index is 12.6. The molecule has 1 fully saturated rings. The van der Waals surface area contributed by atoms with Gasteiger partial charge in [0.05, 0.1) is 20.2 Å². The Morgan fingerprint density at radius 3 is 2.48 bits per heavy atom. The predicted molar refractivity (Wildman–Crippen MR) is 104 cm³/mol. The molecule has 0 N–H and O–H groups in total. The highest BCUT2D eigenvalue weighted by molar-refractivity contribution is 6.31. The molecule has 2 aliphatic heterocycles. The first-order valence-electron chi connectivity index (χ1n) is 9.38. The van der Waals surface area contributed by atoms with Crippen LogP contribution in [0.25, 0.3) is 0 Å². The molecule has 0 radical (unpaired) electrons. The van der Waals surface area contributed by atoms with Crippen LogP contribution in [0.5, 0.6) is 0 Å². The van der Waals surface area contributed by atoms with Gasteiger partial charge < -0.3 is 14.2 Å². The van der Waals surface area contributed by atoms with Gasteiger partial charge in [-0.05, 0) is 38.0 Å². The fourth-order valence-electron chi connectivity index (χ4n) is 3.49. The Labute approximate surface area is 174 Å². The second-order valence-corrected chi connectivity index (χ2v) is 8.55. The Balaban J connectivity index is 1.65. The molecule has 2 atom stereocenters. The van der Waals surface area contributed by atoms with Crippen LogP contribution < -0.4 is 0 Å². The first-order valence-corrected chi connectivity index (χ1v) is 9.76. The predicted octanol–water partition coefficient (Wildman–Crippen LogP) is 3.34. The molecular weight excluding hydrogens is 400 g/mol. The molecule has 1 saturated heterocycles. The molecule has 0 aromatic heterocycles. The van der Waals surface area contributed by atoms with Crippen molar-refractivity contribution in [1.29, 1.82) is 0 Å². The molecule has 8 nitrogen and oxygen atoms in total. The van der Waals surface area contributed by atoms with E-state index in [0.29, 0.717) is 18.1 Å². The van der Waals surface area contributed by atoms with E-state index in [9.17, 15) is 14.4 Å². The molecular formula is C20H25ClN2O6. The zero-order chi connectivity index (χ0) is 21.3. The summed E-state index contributed by atoms with van der Waals surface area (Å²) in [6.07, 6.45) is -1.65. The van der Waals surface area contributed by atoms with Crippen molar-refractivity contribution in [3.8, 4) is 0 Å². The molecule has 2 amide bonds. The fourth-order valence-corrected chi connectivity index (χ4v) is 3.75. The number of carbonyl (C=O) groups is 3. The van der Waals surface area contributed by atoms with Crippen LogP contribution in [-0.2, 0) is 32.1 Å². The first kappa shape index (κ1) is 21.2. The molecule has 2 aliphatic rings. The number of hydrogen-bond acceptors (Lipinski definition) is 6. The Bertz CT molecular complexity index is 822. The maximum Gasteiger partial charge on any atom is 0.411 e. The monoisotopic (exact) mass is 424 g/mol. The van der Waals surface area contributed by atoms with Gasteiger partial charge in [-0.15, -0.1) is 0 Å². The Morgan fingerprint density at radius 2 is 1.86 bits per heavy atom. The van der Waals surface area contributed by atoms with E-state index in [4.69, 9.17) is 25.8 Å². The van der Waals surface area contributed by atoms with Gasteiger partial charge in [0, 0.05) is 18.0 Å². The number of hydrogen-bond donors (Lipinski definition) is 0. The number of esters is 1. The first-order chi connectivity index (χ1) is 13.6. The zero-order valence-electron chi connectivity index (χ0n) is 16.9. The van der Waals surface area contributed by atoms with Gasteiger partial charge in [0.1, 0.15) is 17.7 Å². The second-order valence-electron chi connectivity index (χ2n) is 8.15. The van der Waals surface area contributed by atoms with Crippen LogP contribution in [0.15, 0.2) is 18.2 Å². The molecule has 3 rings (SSSR count). The van der Waals surface area contributed by atoms with Gasteiger partial charge in [-0.2, -0.15) is 0 Å². The summed E-state index contributed by atoms with van der Waals surface area (Å²) >= 11 is 6.20. The Morgan fingerprint density at radius 1 is 1.14 bits per heavy atom. The fraction of sp³-hybridized carbons (Fsp3) is 0.550. The maximum atomic E-state index is 12.6. The smallest absolute Gasteiger partial charge is 0.411 e. The van der Waals surface area contributed by atoms with Gasteiger partial charge in [-0.25, -0.2) is 14.4 Å². The minimum absolute atomic E-state index is 0.0575. The molecule has 0 unspecified atom stereocenters. The quantitative estimate of drug-likeness (QED) is 0.534. The average molecular weight is 425 g/mol. The summed E-state index contributed by atoms with van der Waals surface area (Å²) in [5.41, 5.74) is 1.16. The molecule has 158 valence electrons. The normalized spacial score (nSPS) is 21.0. The highest BCUT2D eigenvalue weighted by Crippen LogP contribution is 2.30. The van der Waals surface area contributed by atoms with Crippen LogP contribution in [-0.4, -0.2) is 59.4 Å². The number of amides is 2. The van der Waals surface area contributed by atoms with Crippen molar-refractivity contribution in [2.24, 2.45) is 0 Å². The molecule has 9 heteroatoms. The second kappa shape index (κ2) is 8.10. The number of methoxy groups -OCH3 is 1. The van der Waals surface area contributed by atoms with Crippen LogP contribution in [0.4, 0.5) is 9.59 Å². The SMILES string of the molecule is COC(=O)[C@@H]1C[C@@H](OC(=O)N2Cc3cccc(Cl)c3C2)CN1C(=O)OC(C)(C)C. The number of benzene rings is 1. The molecule has 1 aromatic carbocycles. The highest BCUT2D eigenvalue weighted by atomic mass is 35.5. The van der Waals surface area contributed by atoms with E-state index in [1.54, 1.807) is 31.7 Å². The lowest BCUT2D eigenvalue weighted by atomic mass is 10.1. The van der Waals surface area contributed by atoms with Crippen molar-refractivity contribution >= 4 is 29.8 Å². The van der Waals surface area contributed by atoms with Crippen LogP contribution in [0.2, 0.25) is 5.02 Å². The van der Waals surface area contributed by atoms with E-state index in [2.05, 4.69) is 0 Å². The largest absolute Gasteiger partial charge is 0.467 e. The summed E-state index contributed by atoms with van der Waals surface area (Å²) < 4.78 is 15.8. The number of rotatable bonds is 2. The Hall–Kier alpha value is -2.48. The Kier molecular flexibility index (Phi) is 5.93.